The van der Waals surface area contributed by atoms with Crippen LogP contribution >= 0.6 is 0 Å². The van der Waals surface area contributed by atoms with Gasteiger partial charge in [0.1, 0.15) is 5.69 Å². The van der Waals surface area contributed by atoms with Gasteiger partial charge in [-0.3, -0.25) is 25.8 Å². The highest BCUT2D eigenvalue weighted by Gasteiger charge is 2.33. The first-order chi connectivity index (χ1) is 12.3. The van der Waals surface area contributed by atoms with Crippen molar-refractivity contribution in [2.75, 3.05) is 12.2 Å². The molecule has 0 unspecified atom stereocenters. The number of nitrogens with zero attached hydrogens (tertiary/aromatic N) is 1. The first-order valence-electron chi connectivity index (χ1n) is 7.07. The average Bonchev–Trinajstić information content (AvgIpc) is 3.06. The van der Waals surface area contributed by atoms with Gasteiger partial charge in [-0.2, -0.15) is 13.2 Å². The lowest BCUT2D eigenvalue weighted by molar-refractivity contribution is -0.384. The molecule has 2 aromatic carbocycles. The Morgan fingerprint density at radius 1 is 1.12 bits per heavy atom. The minimum absolute atomic E-state index is 0.0242. The lowest BCUT2D eigenvalue weighted by Crippen LogP contribution is -2.29. The van der Waals surface area contributed by atoms with E-state index in [4.69, 9.17) is 9.47 Å². The van der Waals surface area contributed by atoms with Crippen LogP contribution in [0.4, 0.5) is 24.5 Å². The van der Waals surface area contributed by atoms with Crippen molar-refractivity contribution in [3.8, 4) is 11.5 Å². The maximum Gasteiger partial charge on any atom is 0.416 e. The van der Waals surface area contributed by atoms with Gasteiger partial charge in [0.25, 0.3) is 11.6 Å². The Morgan fingerprint density at radius 2 is 1.85 bits per heavy atom. The van der Waals surface area contributed by atoms with E-state index in [1.54, 1.807) is 0 Å². The number of hydrogen-bond donors (Lipinski definition) is 2. The van der Waals surface area contributed by atoms with Gasteiger partial charge >= 0.3 is 6.18 Å². The summed E-state index contributed by atoms with van der Waals surface area (Å²) in [6.07, 6.45) is -4.72. The van der Waals surface area contributed by atoms with E-state index >= 15 is 0 Å². The fraction of sp³-hybridized carbons (Fsp3) is 0.133. The Kier molecular flexibility index (Phi) is 4.28. The number of halogens is 3. The second-order valence-corrected chi connectivity index (χ2v) is 5.13. The maximum absolute atomic E-state index is 12.7. The SMILES string of the molecule is O=C(NNc1ccc(C(F)(F)F)cc1[N+](=O)[O-])c1ccc2c(c1)OCO2. The van der Waals surface area contributed by atoms with Crippen LogP contribution in [-0.2, 0) is 6.18 Å². The average molecular weight is 369 g/mol. The normalized spacial score (nSPS) is 12.6. The molecule has 0 fully saturated rings. The first-order valence-corrected chi connectivity index (χ1v) is 7.07. The number of rotatable bonds is 4. The maximum atomic E-state index is 12.7. The number of benzene rings is 2. The number of alkyl halides is 3. The second-order valence-electron chi connectivity index (χ2n) is 5.13. The number of amides is 1. The van der Waals surface area contributed by atoms with Gasteiger partial charge in [-0.05, 0) is 30.3 Å². The molecule has 0 bridgehead atoms. The number of anilines is 1. The minimum atomic E-state index is -4.72. The highest BCUT2D eigenvalue weighted by Crippen LogP contribution is 2.35. The Balaban J connectivity index is 1.76. The van der Waals surface area contributed by atoms with Crippen LogP contribution in [0, 0.1) is 10.1 Å². The highest BCUT2D eigenvalue weighted by atomic mass is 19.4. The molecule has 0 saturated carbocycles. The largest absolute Gasteiger partial charge is 0.454 e. The molecule has 0 aliphatic carbocycles. The van der Waals surface area contributed by atoms with Crippen LogP contribution in [0.15, 0.2) is 36.4 Å². The summed E-state index contributed by atoms with van der Waals surface area (Å²) in [7, 11) is 0. The number of ether oxygens (including phenoxy) is 2. The summed E-state index contributed by atoms with van der Waals surface area (Å²) in [6.45, 7) is 0.0242. The van der Waals surface area contributed by atoms with Gasteiger partial charge in [-0.15, -0.1) is 0 Å². The van der Waals surface area contributed by atoms with E-state index in [0.717, 1.165) is 6.07 Å². The van der Waals surface area contributed by atoms with Crippen molar-refractivity contribution in [2.45, 2.75) is 6.18 Å². The molecule has 1 amide bonds. The van der Waals surface area contributed by atoms with E-state index in [0.29, 0.717) is 23.6 Å². The van der Waals surface area contributed by atoms with Crippen LogP contribution in [0.2, 0.25) is 0 Å². The number of hydrazine groups is 1. The summed E-state index contributed by atoms with van der Waals surface area (Å²) in [5, 5.41) is 11.0. The van der Waals surface area contributed by atoms with Crippen molar-refractivity contribution in [3.63, 3.8) is 0 Å². The Bertz CT molecular complexity index is 885. The molecule has 8 nitrogen and oxygen atoms in total. The summed E-state index contributed by atoms with van der Waals surface area (Å²) >= 11 is 0. The molecule has 0 aromatic heterocycles. The molecule has 3 rings (SSSR count). The van der Waals surface area contributed by atoms with E-state index in [2.05, 4.69) is 10.9 Å². The summed E-state index contributed by atoms with van der Waals surface area (Å²) in [4.78, 5) is 22.1. The Hall–Kier alpha value is -3.50. The zero-order valence-corrected chi connectivity index (χ0v) is 12.8. The number of nitro benzene ring substituents is 1. The molecule has 0 atom stereocenters. The van der Waals surface area contributed by atoms with Crippen LogP contribution in [0.1, 0.15) is 15.9 Å². The third-order valence-corrected chi connectivity index (χ3v) is 3.47. The molecule has 0 spiro atoms. The number of nitrogens with one attached hydrogen (secondary N) is 2. The smallest absolute Gasteiger partial charge is 0.416 e. The van der Waals surface area contributed by atoms with Gasteiger partial charge < -0.3 is 9.47 Å². The number of hydrogen-bond acceptors (Lipinski definition) is 6. The molecular formula is C15H10F3N3O5. The van der Waals surface area contributed by atoms with Gasteiger partial charge in [0.15, 0.2) is 11.5 Å². The molecule has 26 heavy (non-hydrogen) atoms. The lowest BCUT2D eigenvalue weighted by Gasteiger charge is -2.11. The molecule has 2 aromatic rings. The zero-order valence-electron chi connectivity index (χ0n) is 12.8. The van der Waals surface area contributed by atoms with Crippen molar-refractivity contribution in [1.82, 2.24) is 5.43 Å². The van der Waals surface area contributed by atoms with Crippen molar-refractivity contribution >= 4 is 17.3 Å². The second kappa shape index (κ2) is 6.43. The summed E-state index contributed by atoms with van der Waals surface area (Å²) < 4.78 is 48.3. The van der Waals surface area contributed by atoms with Gasteiger partial charge in [-0.1, -0.05) is 0 Å². The fourth-order valence-electron chi connectivity index (χ4n) is 2.20. The quantitative estimate of drug-likeness (QED) is 0.634. The Morgan fingerprint density at radius 3 is 2.54 bits per heavy atom. The molecule has 1 heterocycles. The van der Waals surface area contributed by atoms with Crippen LogP contribution < -0.4 is 20.3 Å². The molecule has 11 heteroatoms. The van der Waals surface area contributed by atoms with Gasteiger partial charge in [0.05, 0.1) is 10.5 Å². The van der Waals surface area contributed by atoms with E-state index in [1.165, 1.54) is 18.2 Å². The van der Waals surface area contributed by atoms with Crippen LogP contribution in [0.5, 0.6) is 11.5 Å². The molecule has 1 aliphatic rings. The van der Waals surface area contributed by atoms with Crippen molar-refractivity contribution in [2.24, 2.45) is 0 Å². The molecule has 0 saturated heterocycles. The molecule has 0 radical (unpaired) electrons. The third kappa shape index (κ3) is 3.45. The topological polar surface area (TPSA) is 103 Å². The Labute approximate surface area is 143 Å². The summed E-state index contributed by atoms with van der Waals surface area (Å²) in [6, 6.07) is 6.27. The van der Waals surface area contributed by atoms with E-state index < -0.39 is 28.3 Å². The van der Waals surface area contributed by atoms with Crippen LogP contribution in [0.3, 0.4) is 0 Å². The third-order valence-electron chi connectivity index (χ3n) is 3.47. The van der Waals surface area contributed by atoms with E-state index in [1.807, 2.05) is 0 Å². The van der Waals surface area contributed by atoms with Crippen LogP contribution in [-0.4, -0.2) is 17.6 Å². The predicted octanol–water partition coefficient (Wildman–Crippen LogP) is 3.10. The van der Waals surface area contributed by atoms with Gasteiger partial charge in [0, 0.05) is 11.6 Å². The summed E-state index contributed by atoms with van der Waals surface area (Å²) in [5.74, 6) is 0.156. The zero-order chi connectivity index (χ0) is 18.9. The van der Waals surface area contributed by atoms with E-state index in [-0.39, 0.29) is 18.0 Å². The van der Waals surface area contributed by atoms with Gasteiger partial charge in [0.2, 0.25) is 6.79 Å². The molecule has 1 aliphatic heterocycles. The molecule has 136 valence electrons. The fourth-order valence-corrected chi connectivity index (χ4v) is 2.20. The number of fused-ring (bicyclic) bond motifs is 1. The number of carbonyl (C=O) groups is 1. The number of carbonyl (C=O) groups excluding carboxylic acids is 1. The van der Waals surface area contributed by atoms with Crippen molar-refractivity contribution in [3.05, 3.63) is 57.6 Å². The van der Waals surface area contributed by atoms with Crippen molar-refractivity contribution in [1.29, 1.82) is 0 Å². The number of nitro groups is 1. The van der Waals surface area contributed by atoms with Gasteiger partial charge in [-0.25, -0.2) is 0 Å². The molecular weight excluding hydrogens is 359 g/mol. The van der Waals surface area contributed by atoms with Crippen LogP contribution in [0.25, 0.3) is 0 Å². The molecule has 2 N–H and O–H groups in total. The monoisotopic (exact) mass is 369 g/mol. The van der Waals surface area contributed by atoms with E-state index in [9.17, 15) is 28.1 Å². The van der Waals surface area contributed by atoms with Crippen molar-refractivity contribution < 1.29 is 32.4 Å². The minimum Gasteiger partial charge on any atom is -0.454 e. The first kappa shape index (κ1) is 17.3. The predicted molar refractivity (Wildman–Crippen MR) is 81.8 cm³/mol. The standard InChI is InChI=1S/C15H10F3N3O5/c16-15(17,18)9-2-3-10(11(6-9)21(23)24)19-20-14(22)8-1-4-12-13(5-8)26-7-25-12/h1-6,19H,7H2,(H,20,22). The highest BCUT2D eigenvalue weighted by molar-refractivity contribution is 5.95. The lowest BCUT2D eigenvalue weighted by atomic mass is 10.1. The summed E-state index contributed by atoms with van der Waals surface area (Å²) in [5.41, 5.74) is 2.32.